The summed E-state index contributed by atoms with van der Waals surface area (Å²) in [4.78, 5) is 4.05. The molecule has 0 spiro atoms. The SMILES string of the molecule is Cc1ccc(F)c(Nc2cc(N)ccn2)c1. The van der Waals surface area contributed by atoms with E-state index >= 15 is 0 Å². The third-order valence-electron chi connectivity index (χ3n) is 2.17. The summed E-state index contributed by atoms with van der Waals surface area (Å²) in [5, 5.41) is 2.89. The molecule has 2 aromatic rings. The van der Waals surface area contributed by atoms with Gasteiger partial charge in [-0.25, -0.2) is 9.37 Å². The lowest BCUT2D eigenvalue weighted by Crippen LogP contribution is -1.97. The zero-order chi connectivity index (χ0) is 11.5. The van der Waals surface area contributed by atoms with E-state index in [0.29, 0.717) is 17.2 Å². The molecule has 4 heteroatoms. The van der Waals surface area contributed by atoms with E-state index in [1.165, 1.54) is 6.07 Å². The molecule has 82 valence electrons. The maximum absolute atomic E-state index is 13.4. The summed E-state index contributed by atoms with van der Waals surface area (Å²) < 4.78 is 13.4. The van der Waals surface area contributed by atoms with Crippen LogP contribution in [-0.4, -0.2) is 4.98 Å². The van der Waals surface area contributed by atoms with Crippen molar-refractivity contribution in [2.75, 3.05) is 11.1 Å². The van der Waals surface area contributed by atoms with Gasteiger partial charge in [0.15, 0.2) is 0 Å². The van der Waals surface area contributed by atoms with Crippen molar-refractivity contribution in [3.8, 4) is 0 Å². The van der Waals surface area contributed by atoms with Crippen LogP contribution in [-0.2, 0) is 0 Å². The van der Waals surface area contributed by atoms with Crippen LogP contribution in [0.2, 0.25) is 0 Å². The number of hydrogen-bond acceptors (Lipinski definition) is 3. The molecule has 16 heavy (non-hydrogen) atoms. The van der Waals surface area contributed by atoms with E-state index in [-0.39, 0.29) is 5.82 Å². The summed E-state index contributed by atoms with van der Waals surface area (Å²) in [7, 11) is 0. The topological polar surface area (TPSA) is 50.9 Å². The molecule has 0 unspecified atom stereocenters. The molecule has 0 atom stereocenters. The predicted octanol–water partition coefficient (Wildman–Crippen LogP) is 2.85. The zero-order valence-electron chi connectivity index (χ0n) is 8.87. The zero-order valence-corrected chi connectivity index (χ0v) is 8.87. The molecule has 1 heterocycles. The number of aryl methyl sites for hydroxylation is 1. The first-order valence-electron chi connectivity index (χ1n) is 4.90. The Hall–Kier alpha value is -2.10. The third-order valence-corrected chi connectivity index (χ3v) is 2.17. The Kier molecular flexibility index (Phi) is 2.72. The molecule has 0 amide bonds. The average Bonchev–Trinajstić information content (AvgIpc) is 2.24. The molecule has 0 saturated heterocycles. The number of nitrogens with one attached hydrogen (secondary N) is 1. The molecule has 0 bridgehead atoms. The van der Waals surface area contributed by atoms with Crippen LogP contribution in [0.3, 0.4) is 0 Å². The van der Waals surface area contributed by atoms with E-state index in [4.69, 9.17) is 5.73 Å². The standard InChI is InChI=1S/C12H12FN3/c1-8-2-3-10(13)11(6-8)16-12-7-9(14)4-5-15-12/h2-7H,1H3,(H3,14,15,16). The number of hydrogen-bond donors (Lipinski definition) is 2. The number of nitrogen functional groups attached to an aromatic ring is 1. The Morgan fingerprint density at radius 1 is 1.25 bits per heavy atom. The monoisotopic (exact) mass is 217 g/mol. The van der Waals surface area contributed by atoms with Gasteiger partial charge in [-0.1, -0.05) is 6.07 Å². The quantitative estimate of drug-likeness (QED) is 0.813. The number of nitrogens with zero attached hydrogens (tertiary/aromatic N) is 1. The van der Waals surface area contributed by atoms with Crippen LogP contribution in [0.1, 0.15) is 5.56 Å². The lowest BCUT2D eigenvalue weighted by atomic mass is 10.2. The molecule has 0 saturated carbocycles. The van der Waals surface area contributed by atoms with Crippen LogP contribution in [0.5, 0.6) is 0 Å². The highest BCUT2D eigenvalue weighted by atomic mass is 19.1. The van der Waals surface area contributed by atoms with Gasteiger partial charge in [0.05, 0.1) is 5.69 Å². The number of rotatable bonds is 2. The van der Waals surface area contributed by atoms with Gasteiger partial charge >= 0.3 is 0 Å². The minimum absolute atomic E-state index is 0.310. The van der Waals surface area contributed by atoms with Crippen molar-refractivity contribution in [2.24, 2.45) is 0 Å². The summed E-state index contributed by atoms with van der Waals surface area (Å²) in [6, 6.07) is 8.19. The Balaban J connectivity index is 2.30. The van der Waals surface area contributed by atoms with E-state index in [0.717, 1.165) is 5.56 Å². The van der Waals surface area contributed by atoms with Gasteiger partial charge < -0.3 is 11.1 Å². The molecule has 3 nitrogen and oxygen atoms in total. The highest BCUT2D eigenvalue weighted by molar-refractivity contribution is 5.60. The molecule has 1 aromatic carbocycles. The summed E-state index contributed by atoms with van der Waals surface area (Å²) >= 11 is 0. The average molecular weight is 217 g/mol. The molecule has 3 N–H and O–H groups in total. The van der Waals surface area contributed by atoms with Gasteiger partial charge in [-0.05, 0) is 30.7 Å². The smallest absolute Gasteiger partial charge is 0.146 e. The second kappa shape index (κ2) is 4.18. The van der Waals surface area contributed by atoms with Gasteiger partial charge in [-0.2, -0.15) is 0 Å². The minimum atomic E-state index is -0.310. The Morgan fingerprint density at radius 3 is 2.81 bits per heavy atom. The molecule has 2 rings (SSSR count). The maximum atomic E-state index is 13.4. The summed E-state index contributed by atoms with van der Waals surface area (Å²) in [5.74, 6) is 0.222. The first kappa shape index (κ1) is 10.4. The highest BCUT2D eigenvalue weighted by Crippen LogP contribution is 2.20. The van der Waals surface area contributed by atoms with Crippen molar-refractivity contribution >= 4 is 17.2 Å². The molecule has 0 aliphatic carbocycles. The molecular formula is C12H12FN3. The first-order valence-corrected chi connectivity index (χ1v) is 4.90. The fourth-order valence-electron chi connectivity index (χ4n) is 1.39. The van der Waals surface area contributed by atoms with Crippen molar-refractivity contribution in [2.45, 2.75) is 6.92 Å². The van der Waals surface area contributed by atoms with Crippen LogP contribution in [0.15, 0.2) is 36.5 Å². The second-order valence-electron chi connectivity index (χ2n) is 3.58. The van der Waals surface area contributed by atoms with Gasteiger partial charge in [0.1, 0.15) is 11.6 Å². The van der Waals surface area contributed by atoms with E-state index < -0.39 is 0 Å². The number of aromatic nitrogens is 1. The normalized spacial score (nSPS) is 10.1. The van der Waals surface area contributed by atoms with Crippen molar-refractivity contribution in [1.29, 1.82) is 0 Å². The molecule has 1 aromatic heterocycles. The molecule has 0 aliphatic rings. The van der Waals surface area contributed by atoms with E-state index in [1.54, 1.807) is 30.5 Å². The van der Waals surface area contributed by atoms with Crippen molar-refractivity contribution in [1.82, 2.24) is 4.98 Å². The van der Waals surface area contributed by atoms with Gasteiger partial charge in [0, 0.05) is 18.0 Å². The van der Waals surface area contributed by atoms with Gasteiger partial charge in [0.2, 0.25) is 0 Å². The minimum Gasteiger partial charge on any atom is -0.399 e. The fraction of sp³-hybridized carbons (Fsp3) is 0.0833. The first-order chi connectivity index (χ1) is 7.65. The van der Waals surface area contributed by atoms with E-state index in [9.17, 15) is 4.39 Å². The molecule has 0 aliphatic heterocycles. The highest BCUT2D eigenvalue weighted by Gasteiger charge is 2.03. The van der Waals surface area contributed by atoms with Crippen molar-refractivity contribution in [3.05, 3.63) is 47.9 Å². The van der Waals surface area contributed by atoms with Crippen LogP contribution < -0.4 is 11.1 Å². The number of anilines is 3. The molecule has 0 fully saturated rings. The van der Waals surface area contributed by atoms with E-state index in [2.05, 4.69) is 10.3 Å². The summed E-state index contributed by atoms with van der Waals surface area (Å²) in [6.45, 7) is 1.90. The second-order valence-corrected chi connectivity index (χ2v) is 3.58. The largest absolute Gasteiger partial charge is 0.399 e. The lowest BCUT2D eigenvalue weighted by molar-refractivity contribution is 0.631. The van der Waals surface area contributed by atoms with Crippen LogP contribution in [0.4, 0.5) is 21.6 Å². The van der Waals surface area contributed by atoms with E-state index in [1.807, 2.05) is 6.92 Å². The Bertz CT molecular complexity index is 511. The lowest BCUT2D eigenvalue weighted by Gasteiger charge is -2.07. The van der Waals surface area contributed by atoms with Crippen LogP contribution in [0.25, 0.3) is 0 Å². The molecule has 0 radical (unpaired) electrons. The predicted molar refractivity (Wildman–Crippen MR) is 63.1 cm³/mol. The van der Waals surface area contributed by atoms with Crippen molar-refractivity contribution < 1.29 is 4.39 Å². The van der Waals surface area contributed by atoms with Gasteiger partial charge in [-0.3, -0.25) is 0 Å². The fourth-order valence-corrected chi connectivity index (χ4v) is 1.39. The third kappa shape index (κ3) is 2.28. The maximum Gasteiger partial charge on any atom is 0.146 e. The number of halogens is 1. The van der Waals surface area contributed by atoms with Crippen LogP contribution >= 0.6 is 0 Å². The number of pyridine rings is 1. The van der Waals surface area contributed by atoms with Crippen molar-refractivity contribution in [3.63, 3.8) is 0 Å². The van der Waals surface area contributed by atoms with Crippen LogP contribution in [0, 0.1) is 12.7 Å². The van der Waals surface area contributed by atoms with Gasteiger partial charge in [-0.15, -0.1) is 0 Å². The molecular weight excluding hydrogens is 205 g/mol. The Labute approximate surface area is 93.1 Å². The Morgan fingerprint density at radius 2 is 2.06 bits per heavy atom. The number of nitrogens with two attached hydrogens (primary N) is 1. The summed E-state index contributed by atoms with van der Waals surface area (Å²) in [5.41, 5.74) is 7.58. The number of benzene rings is 1. The summed E-state index contributed by atoms with van der Waals surface area (Å²) in [6.07, 6.45) is 1.57. The van der Waals surface area contributed by atoms with Gasteiger partial charge in [0.25, 0.3) is 0 Å².